The molecule has 2 aliphatic heterocycles. The fourth-order valence-corrected chi connectivity index (χ4v) is 4.09. The van der Waals surface area contributed by atoms with Gasteiger partial charge in [-0.15, -0.1) is 0 Å². The van der Waals surface area contributed by atoms with Crippen LogP contribution in [0.4, 0.5) is 19.0 Å². The van der Waals surface area contributed by atoms with Crippen LogP contribution in [-0.2, 0) is 15.7 Å². The lowest BCUT2D eigenvalue weighted by Crippen LogP contribution is -3.16. The van der Waals surface area contributed by atoms with E-state index in [2.05, 4.69) is 4.98 Å². The van der Waals surface area contributed by atoms with Gasteiger partial charge >= 0.3 is 6.18 Å². The SMILES string of the molecule is C[C@@H]1CN(C(=O)C[NH+]2CCN(c3[nH+]cc(C(F)(F)F)cc3Cl)CC2)C[C@H](C)O1. The van der Waals surface area contributed by atoms with Crippen molar-refractivity contribution in [1.82, 2.24) is 4.90 Å². The molecule has 28 heavy (non-hydrogen) atoms. The van der Waals surface area contributed by atoms with E-state index in [1.54, 1.807) is 0 Å². The molecule has 0 saturated carbocycles. The first kappa shape index (κ1) is 21.1. The lowest BCUT2D eigenvalue weighted by molar-refractivity contribution is -0.892. The molecule has 3 heterocycles. The Morgan fingerprint density at radius 1 is 1.29 bits per heavy atom. The second-order valence-corrected chi connectivity index (χ2v) is 7.96. The Morgan fingerprint density at radius 2 is 1.89 bits per heavy atom. The molecular formula is C18H26ClF3N4O2+2. The molecule has 0 radical (unpaired) electrons. The number of quaternary nitrogens is 1. The summed E-state index contributed by atoms with van der Waals surface area (Å²) in [6.45, 7) is 8.21. The number of rotatable bonds is 3. The van der Waals surface area contributed by atoms with Crippen molar-refractivity contribution in [3.8, 4) is 0 Å². The molecule has 0 unspecified atom stereocenters. The van der Waals surface area contributed by atoms with Gasteiger partial charge in [-0.3, -0.25) is 4.79 Å². The first-order valence-corrected chi connectivity index (χ1v) is 9.81. The number of nitrogens with one attached hydrogen (secondary N) is 2. The highest BCUT2D eigenvalue weighted by Crippen LogP contribution is 2.32. The molecule has 6 nitrogen and oxygen atoms in total. The molecule has 0 aromatic carbocycles. The number of pyridine rings is 1. The number of hydrogen-bond acceptors (Lipinski definition) is 3. The Bertz CT molecular complexity index is 701. The Labute approximate surface area is 167 Å². The van der Waals surface area contributed by atoms with Crippen molar-refractivity contribution in [2.45, 2.75) is 32.2 Å². The van der Waals surface area contributed by atoms with E-state index in [9.17, 15) is 18.0 Å². The Kier molecular flexibility index (Phi) is 6.36. The summed E-state index contributed by atoms with van der Waals surface area (Å²) in [5.74, 6) is 0.598. The van der Waals surface area contributed by atoms with Crippen LogP contribution in [-0.4, -0.2) is 68.8 Å². The van der Waals surface area contributed by atoms with Crippen molar-refractivity contribution >= 4 is 23.3 Å². The number of aromatic amines is 1. The predicted octanol–water partition coefficient (Wildman–Crippen LogP) is 0.514. The quantitative estimate of drug-likeness (QED) is 0.772. The second kappa shape index (κ2) is 8.42. The molecule has 2 aliphatic rings. The molecule has 0 spiro atoms. The molecule has 2 fully saturated rings. The number of piperazine rings is 1. The maximum atomic E-state index is 12.8. The minimum Gasteiger partial charge on any atom is -0.372 e. The number of carbonyl (C=O) groups excluding carboxylic acids is 1. The number of H-pyrrole nitrogens is 1. The average molecular weight is 423 g/mol. The first-order chi connectivity index (χ1) is 13.1. The Balaban J connectivity index is 1.54. The summed E-state index contributed by atoms with van der Waals surface area (Å²) < 4.78 is 44.0. The van der Waals surface area contributed by atoms with Gasteiger partial charge in [0.25, 0.3) is 11.7 Å². The van der Waals surface area contributed by atoms with Crippen molar-refractivity contribution in [3.05, 3.63) is 22.8 Å². The smallest absolute Gasteiger partial charge is 0.372 e. The van der Waals surface area contributed by atoms with Crippen LogP contribution in [0.5, 0.6) is 0 Å². The highest BCUT2D eigenvalue weighted by Gasteiger charge is 2.35. The van der Waals surface area contributed by atoms with Crippen LogP contribution < -0.4 is 14.8 Å². The number of hydrogen-bond donors (Lipinski definition) is 1. The van der Waals surface area contributed by atoms with E-state index in [1.807, 2.05) is 23.6 Å². The molecule has 1 aromatic heterocycles. The molecular weight excluding hydrogens is 397 g/mol. The van der Waals surface area contributed by atoms with Crippen LogP contribution in [0.2, 0.25) is 5.02 Å². The topological polar surface area (TPSA) is 51.4 Å². The van der Waals surface area contributed by atoms with Gasteiger partial charge in [0.15, 0.2) is 6.54 Å². The number of halogens is 4. The van der Waals surface area contributed by atoms with Crippen LogP contribution in [0.1, 0.15) is 19.4 Å². The predicted molar refractivity (Wildman–Crippen MR) is 97.4 cm³/mol. The van der Waals surface area contributed by atoms with Crippen molar-refractivity contribution in [2.75, 3.05) is 50.7 Å². The molecule has 1 aromatic rings. The molecule has 0 bridgehead atoms. The number of morpholine rings is 1. The fraction of sp³-hybridized carbons (Fsp3) is 0.667. The van der Waals surface area contributed by atoms with Crippen molar-refractivity contribution < 1.29 is 32.6 Å². The van der Waals surface area contributed by atoms with Crippen LogP contribution in [0.15, 0.2) is 12.3 Å². The monoisotopic (exact) mass is 422 g/mol. The molecule has 3 rings (SSSR count). The summed E-state index contributed by atoms with van der Waals surface area (Å²) in [5, 5.41) is 0.0469. The van der Waals surface area contributed by atoms with Crippen LogP contribution in [0, 0.1) is 0 Å². The largest absolute Gasteiger partial charge is 0.419 e. The van der Waals surface area contributed by atoms with Crippen LogP contribution in [0.25, 0.3) is 0 Å². The second-order valence-electron chi connectivity index (χ2n) is 7.55. The van der Waals surface area contributed by atoms with Gasteiger partial charge in [0.1, 0.15) is 37.4 Å². The summed E-state index contributed by atoms with van der Waals surface area (Å²) in [6.07, 6.45) is -3.42. The molecule has 1 amide bonds. The van der Waals surface area contributed by atoms with E-state index in [1.165, 1.54) is 0 Å². The highest BCUT2D eigenvalue weighted by atomic mass is 35.5. The van der Waals surface area contributed by atoms with E-state index in [-0.39, 0.29) is 23.1 Å². The normalized spacial score (nSPS) is 24.5. The average Bonchev–Trinajstić information content (AvgIpc) is 2.61. The van der Waals surface area contributed by atoms with Crippen LogP contribution in [0.3, 0.4) is 0 Å². The molecule has 156 valence electrons. The van der Waals surface area contributed by atoms with Gasteiger partial charge in [-0.05, 0) is 19.9 Å². The lowest BCUT2D eigenvalue weighted by Gasteiger charge is -2.36. The van der Waals surface area contributed by atoms with Gasteiger partial charge in [-0.1, -0.05) is 11.6 Å². The summed E-state index contributed by atoms with van der Waals surface area (Å²) in [7, 11) is 0. The van der Waals surface area contributed by atoms with E-state index < -0.39 is 11.7 Å². The van der Waals surface area contributed by atoms with Gasteiger partial charge in [-0.25, -0.2) is 9.88 Å². The number of aromatic nitrogens is 1. The number of ether oxygens (including phenoxy) is 1. The number of carbonyl (C=O) groups is 1. The van der Waals surface area contributed by atoms with Gasteiger partial charge in [0.05, 0.1) is 17.8 Å². The minimum atomic E-state index is -4.43. The van der Waals surface area contributed by atoms with E-state index in [0.29, 0.717) is 51.6 Å². The minimum absolute atomic E-state index is 0.0388. The zero-order chi connectivity index (χ0) is 20.5. The zero-order valence-corrected chi connectivity index (χ0v) is 16.7. The maximum Gasteiger partial charge on any atom is 0.419 e. The highest BCUT2D eigenvalue weighted by molar-refractivity contribution is 6.32. The first-order valence-electron chi connectivity index (χ1n) is 9.43. The molecule has 0 aliphatic carbocycles. The Hall–Kier alpha value is -1.58. The third kappa shape index (κ3) is 5.07. The van der Waals surface area contributed by atoms with E-state index in [4.69, 9.17) is 16.3 Å². The van der Waals surface area contributed by atoms with Crippen molar-refractivity contribution in [2.24, 2.45) is 0 Å². The maximum absolute atomic E-state index is 12.8. The van der Waals surface area contributed by atoms with Gasteiger partial charge < -0.3 is 14.5 Å². The van der Waals surface area contributed by atoms with Gasteiger partial charge in [0.2, 0.25) is 0 Å². The standard InChI is InChI=1S/C18H24ClF3N4O2/c1-12-9-26(10-13(2)28-12)16(27)11-24-3-5-25(6-4-24)17-15(19)7-14(8-23-17)18(20,21)22/h7-8,12-13H,3-6,9-11H2,1-2H3/p+2/t12-,13+. The molecule has 2 N–H and O–H groups in total. The van der Waals surface area contributed by atoms with Crippen LogP contribution >= 0.6 is 11.6 Å². The third-order valence-corrected chi connectivity index (χ3v) is 5.45. The van der Waals surface area contributed by atoms with Crippen molar-refractivity contribution in [1.29, 1.82) is 0 Å². The summed E-state index contributed by atoms with van der Waals surface area (Å²) in [4.78, 5) is 20.2. The number of alkyl halides is 3. The van der Waals surface area contributed by atoms with E-state index >= 15 is 0 Å². The summed E-state index contributed by atoms with van der Waals surface area (Å²) in [5.41, 5.74) is -0.801. The van der Waals surface area contributed by atoms with Gasteiger partial charge in [0, 0.05) is 13.1 Å². The third-order valence-electron chi connectivity index (χ3n) is 5.16. The fourth-order valence-electron chi connectivity index (χ4n) is 3.80. The summed E-state index contributed by atoms with van der Waals surface area (Å²) in [6, 6.07) is 0.941. The number of amides is 1. The molecule has 2 saturated heterocycles. The summed E-state index contributed by atoms with van der Waals surface area (Å²) >= 11 is 6.07. The molecule has 2 atom stereocenters. The van der Waals surface area contributed by atoms with E-state index in [0.717, 1.165) is 17.2 Å². The van der Waals surface area contributed by atoms with Crippen molar-refractivity contribution in [3.63, 3.8) is 0 Å². The zero-order valence-electron chi connectivity index (χ0n) is 16.0. The lowest BCUT2D eigenvalue weighted by atomic mass is 10.2. The number of anilines is 1. The molecule has 10 heteroatoms. The van der Waals surface area contributed by atoms with Gasteiger partial charge in [-0.2, -0.15) is 13.2 Å². The Morgan fingerprint density at radius 3 is 2.43 bits per heavy atom. The number of nitrogens with zero attached hydrogens (tertiary/aromatic N) is 2.